The lowest BCUT2D eigenvalue weighted by Crippen LogP contribution is -2.15. The molecule has 0 saturated heterocycles. The van der Waals surface area contributed by atoms with Crippen LogP contribution in [-0.2, 0) is 11.3 Å². The maximum absolute atomic E-state index is 11.4. The molecule has 1 aromatic rings. The lowest BCUT2D eigenvalue weighted by molar-refractivity contribution is 0.116. The van der Waals surface area contributed by atoms with E-state index >= 15 is 0 Å². The summed E-state index contributed by atoms with van der Waals surface area (Å²) in [6.45, 7) is 6.43. The third-order valence-corrected chi connectivity index (χ3v) is 2.96. The van der Waals surface area contributed by atoms with Crippen LogP contribution < -0.4 is 11.2 Å². The molecule has 0 amide bonds. The number of nitrogens with zero attached hydrogens (tertiary/aromatic N) is 1. The predicted molar refractivity (Wildman–Crippen MR) is 73.1 cm³/mol. The van der Waals surface area contributed by atoms with Gasteiger partial charge < -0.3 is 15.0 Å². The number of ether oxygens (including phenoxy) is 1. The number of nitrogens with two attached hydrogens (primary N) is 1. The Hall–Kier alpha value is -0.810. The van der Waals surface area contributed by atoms with Crippen molar-refractivity contribution in [3.05, 3.63) is 27.1 Å². The Morgan fingerprint density at radius 3 is 2.71 bits per heavy atom. The topological polar surface area (TPSA) is 57.2 Å². The van der Waals surface area contributed by atoms with Crippen LogP contribution in [0.2, 0.25) is 0 Å². The molecule has 0 aliphatic rings. The van der Waals surface area contributed by atoms with Crippen molar-refractivity contribution in [3.63, 3.8) is 0 Å². The van der Waals surface area contributed by atoms with E-state index in [0.717, 1.165) is 13.0 Å². The quantitative estimate of drug-likeness (QED) is 0.820. The standard InChI is InChI=1S/C12H19BrN2O2/c1-9(2)3-5-17-6-4-15-7-10(13)12(16)11(14)8-15/h7-9H,3-6,14H2,1-2H3. The maximum Gasteiger partial charge on any atom is 0.218 e. The lowest BCUT2D eigenvalue weighted by Gasteiger charge is -2.09. The van der Waals surface area contributed by atoms with Gasteiger partial charge in [-0.3, -0.25) is 4.79 Å². The second kappa shape index (κ2) is 6.81. The first kappa shape index (κ1) is 14.3. The fourth-order valence-corrected chi connectivity index (χ4v) is 1.83. The Morgan fingerprint density at radius 1 is 1.41 bits per heavy atom. The number of nitrogen functional groups attached to an aromatic ring is 1. The average Bonchev–Trinajstić information content (AvgIpc) is 2.25. The first-order valence-electron chi connectivity index (χ1n) is 5.73. The summed E-state index contributed by atoms with van der Waals surface area (Å²) in [4.78, 5) is 11.4. The van der Waals surface area contributed by atoms with Crippen molar-refractivity contribution >= 4 is 21.6 Å². The Balaban J connectivity index is 2.40. The van der Waals surface area contributed by atoms with Crippen LogP contribution in [0.1, 0.15) is 20.3 Å². The van der Waals surface area contributed by atoms with Gasteiger partial charge in [-0.05, 0) is 28.3 Å². The molecule has 5 heteroatoms. The highest BCUT2D eigenvalue weighted by Crippen LogP contribution is 2.06. The second-order valence-electron chi connectivity index (χ2n) is 4.42. The van der Waals surface area contributed by atoms with Crippen molar-refractivity contribution in [2.75, 3.05) is 18.9 Å². The zero-order valence-electron chi connectivity index (χ0n) is 10.3. The number of halogens is 1. The van der Waals surface area contributed by atoms with Crippen LogP contribution in [-0.4, -0.2) is 17.8 Å². The Kier molecular flexibility index (Phi) is 5.71. The van der Waals surface area contributed by atoms with Gasteiger partial charge in [0.15, 0.2) is 0 Å². The molecule has 1 aromatic heterocycles. The first-order valence-corrected chi connectivity index (χ1v) is 6.53. The number of hydrogen-bond acceptors (Lipinski definition) is 3. The van der Waals surface area contributed by atoms with Crippen molar-refractivity contribution in [2.45, 2.75) is 26.8 Å². The Labute approximate surface area is 110 Å². The van der Waals surface area contributed by atoms with Crippen LogP contribution in [0.4, 0.5) is 5.69 Å². The SMILES string of the molecule is CC(C)CCOCCn1cc(N)c(=O)c(Br)c1. The number of pyridine rings is 1. The fourth-order valence-electron chi connectivity index (χ4n) is 1.34. The van der Waals surface area contributed by atoms with E-state index in [1.54, 1.807) is 12.4 Å². The van der Waals surface area contributed by atoms with Crippen LogP contribution in [0.3, 0.4) is 0 Å². The maximum atomic E-state index is 11.4. The summed E-state index contributed by atoms with van der Waals surface area (Å²) < 4.78 is 7.85. The van der Waals surface area contributed by atoms with E-state index in [1.807, 2.05) is 4.57 Å². The zero-order valence-corrected chi connectivity index (χ0v) is 11.9. The summed E-state index contributed by atoms with van der Waals surface area (Å²) in [7, 11) is 0. The zero-order chi connectivity index (χ0) is 12.8. The Morgan fingerprint density at radius 2 is 2.12 bits per heavy atom. The van der Waals surface area contributed by atoms with Crippen molar-refractivity contribution in [1.82, 2.24) is 4.57 Å². The van der Waals surface area contributed by atoms with Crippen LogP contribution in [0.5, 0.6) is 0 Å². The van der Waals surface area contributed by atoms with E-state index in [2.05, 4.69) is 29.8 Å². The average molecular weight is 303 g/mol. The minimum absolute atomic E-state index is 0.165. The molecule has 0 aromatic carbocycles. The van der Waals surface area contributed by atoms with Crippen LogP contribution in [0.15, 0.2) is 21.7 Å². The second-order valence-corrected chi connectivity index (χ2v) is 5.28. The molecule has 0 radical (unpaired) electrons. The molecule has 0 fully saturated rings. The Bertz CT molecular complexity index is 389. The predicted octanol–water partition coefficient (Wildman–Crippen LogP) is 2.26. The minimum atomic E-state index is -0.165. The highest BCUT2D eigenvalue weighted by molar-refractivity contribution is 9.10. The van der Waals surface area contributed by atoms with Crippen LogP contribution in [0.25, 0.3) is 0 Å². The van der Waals surface area contributed by atoms with E-state index in [4.69, 9.17) is 10.5 Å². The highest BCUT2D eigenvalue weighted by atomic mass is 79.9. The molecule has 2 N–H and O–H groups in total. The minimum Gasteiger partial charge on any atom is -0.394 e. The molecule has 0 bridgehead atoms. The van der Waals surface area contributed by atoms with Gasteiger partial charge in [-0.15, -0.1) is 0 Å². The molecule has 4 nitrogen and oxygen atoms in total. The molecule has 0 spiro atoms. The van der Waals surface area contributed by atoms with E-state index < -0.39 is 0 Å². The highest BCUT2D eigenvalue weighted by Gasteiger charge is 2.02. The van der Waals surface area contributed by atoms with E-state index in [0.29, 0.717) is 23.5 Å². The number of hydrogen-bond donors (Lipinski definition) is 1. The van der Waals surface area contributed by atoms with Gasteiger partial charge in [-0.1, -0.05) is 13.8 Å². The molecule has 1 rings (SSSR count). The largest absolute Gasteiger partial charge is 0.394 e. The third-order valence-electron chi connectivity index (χ3n) is 2.40. The summed E-state index contributed by atoms with van der Waals surface area (Å²) in [5.74, 6) is 0.659. The number of aromatic nitrogens is 1. The van der Waals surface area contributed by atoms with Gasteiger partial charge in [0.1, 0.15) is 0 Å². The van der Waals surface area contributed by atoms with Gasteiger partial charge in [-0.2, -0.15) is 0 Å². The molecule has 96 valence electrons. The molecular formula is C12H19BrN2O2. The van der Waals surface area contributed by atoms with E-state index in [1.165, 1.54) is 0 Å². The third kappa shape index (κ3) is 4.91. The van der Waals surface area contributed by atoms with Gasteiger partial charge in [0, 0.05) is 25.5 Å². The summed E-state index contributed by atoms with van der Waals surface area (Å²) in [5.41, 5.74) is 5.67. The van der Waals surface area contributed by atoms with Crippen molar-refractivity contribution in [3.8, 4) is 0 Å². The number of rotatable bonds is 6. The van der Waals surface area contributed by atoms with Crippen LogP contribution >= 0.6 is 15.9 Å². The monoisotopic (exact) mass is 302 g/mol. The molecule has 1 heterocycles. The van der Waals surface area contributed by atoms with E-state index in [9.17, 15) is 4.79 Å². The molecule has 0 atom stereocenters. The smallest absolute Gasteiger partial charge is 0.218 e. The van der Waals surface area contributed by atoms with Gasteiger partial charge in [0.25, 0.3) is 0 Å². The van der Waals surface area contributed by atoms with Crippen LogP contribution in [0, 0.1) is 5.92 Å². The lowest BCUT2D eigenvalue weighted by atomic mass is 10.1. The van der Waals surface area contributed by atoms with Gasteiger partial charge in [-0.25, -0.2) is 0 Å². The molecule has 0 unspecified atom stereocenters. The summed E-state index contributed by atoms with van der Waals surface area (Å²) in [5, 5.41) is 0. The van der Waals surface area contributed by atoms with E-state index in [-0.39, 0.29) is 11.1 Å². The summed E-state index contributed by atoms with van der Waals surface area (Å²) >= 11 is 3.18. The molecule has 17 heavy (non-hydrogen) atoms. The number of anilines is 1. The summed E-state index contributed by atoms with van der Waals surface area (Å²) in [6, 6.07) is 0. The van der Waals surface area contributed by atoms with Crippen molar-refractivity contribution in [1.29, 1.82) is 0 Å². The molecule has 0 aliphatic heterocycles. The molecular weight excluding hydrogens is 284 g/mol. The fraction of sp³-hybridized carbons (Fsp3) is 0.583. The molecule has 0 aliphatic carbocycles. The molecule has 0 saturated carbocycles. The normalized spacial score (nSPS) is 11.1. The van der Waals surface area contributed by atoms with Crippen molar-refractivity contribution < 1.29 is 4.74 Å². The summed E-state index contributed by atoms with van der Waals surface area (Å²) in [6.07, 6.45) is 4.43. The first-order chi connectivity index (χ1) is 8.00. The van der Waals surface area contributed by atoms with Gasteiger partial charge >= 0.3 is 0 Å². The van der Waals surface area contributed by atoms with Gasteiger partial charge in [0.2, 0.25) is 5.43 Å². The van der Waals surface area contributed by atoms with Crippen molar-refractivity contribution in [2.24, 2.45) is 5.92 Å². The van der Waals surface area contributed by atoms with Gasteiger partial charge in [0.05, 0.1) is 16.8 Å².